The Bertz CT molecular complexity index is 2510. The summed E-state index contributed by atoms with van der Waals surface area (Å²) in [7, 11) is -9.99. The molecule has 0 radical (unpaired) electrons. The van der Waals surface area contributed by atoms with E-state index in [0.29, 0.717) is 32.1 Å². The van der Waals surface area contributed by atoms with Crippen LogP contribution in [0.4, 0.5) is 0 Å². The van der Waals surface area contributed by atoms with Crippen LogP contribution < -0.4 is 0 Å². The number of phosphoric ester groups is 2. The highest BCUT2D eigenvalue weighted by Gasteiger charge is 2.30. The number of ether oxygens (including phenoxy) is 4. The van der Waals surface area contributed by atoms with Crippen LogP contribution in [-0.4, -0.2) is 96.7 Å². The van der Waals surface area contributed by atoms with E-state index in [2.05, 4.69) is 161 Å². The molecule has 0 saturated heterocycles. The molecule has 0 aromatic heterocycles. The van der Waals surface area contributed by atoms with E-state index in [-0.39, 0.29) is 25.7 Å². The molecule has 5 unspecified atom stereocenters. The van der Waals surface area contributed by atoms with E-state index in [0.717, 1.165) is 161 Å². The second-order valence-electron chi connectivity index (χ2n) is 25.5. The quantitative estimate of drug-likeness (QED) is 0.0169. The van der Waals surface area contributed by atoms with Gasteiger partial charge >= 0.3 is 39.5 Å². The number of allylic oxidation sites excluding steroid dienone is 24. The van der Waals surface area contributed by atoms with Gasteiger partial charge in [0.15, 0.2) is 12.2 Å². The van der Waals surface area contributed by atoms with Gasteiger partial charge in [-0.15, -0.1) is 0 Å². The van der Waals surface area contributed by atoms with E-state index in [1.807, 2.05) is 12.2 Å². The van der Waals surface area contributed by atoms with Crippen LogP contribution in [0, 0.1) is 0 Å². The molecule has 3 N–H and O–H groups in total. The molecule has 0 aromatic rings. The van der Waals surface area contributed by atoms with Crippen LogP contribution in [0.25, 0.3) is 0 Å². The van der Waals surface area contributed by atoms with Crippen molar-refractivity contribution >= 4 is 39.5 Å². The lowest BCUT2D eigenvalue weighted by Gasteiger charge is -2.21. The van der Waals surface area contributed by atoms with E-state index in [1.54, 1.807) is 0 Å². The molecule has 0 heterocycles. The van der Waals surface area contributed by atoms with Crippen LogP contribution in [0.1, 0.15) is 297 Å². The molecule has 5 atom stereocenters. The Morgan fingerprint density at radius 1 is 0.284 bits per heavy atom. The Labute approximate surface area is 617 Å². The summed E-state index contributed by atoms with van der Waals surface area (Å²) in [5, 5.41) is 10.6. The third-order valence-electron chi connectivity index (χ3n) is 15.8. The van der Waals surface area contributed by atoms with Crippen LogP contribution in [0.15, 0.2) is 146 Å². The van der Waals surface area contributed by atoms with Crippen molar-refractivity contribution in [2.75, 3.05) is 39.6 Å². The summed E-state index contributed by atoms with van der Waals surface area (Å²) in [4.78, 5) is 72.9. The lowest BCUT2D eigenvalue weighted by molar-refractivity contribution is -0.161. The molecule has 0 rings (SSSR count). The maximum Gasteiger partial charge on any atom is 0.472 e. The SMILES string of the molecule is CC/C=C\C/C=C\C/C=C\C/C=C\C/C=C\CCCCCC(=O)OCC(COP(=O)(O)OCC(O)COP(=O)(O)OCC(COC(=O)CCC/C=C\C/C=C\C/C=C\C/C=C\C/C=C\CC)OC(=O)CCCCCCC/C=C\CCCCCCCC)OC(=O)CCCCCCC/C=C\CCCC. The summed E-state index contributed by atoms with van der Waals surface area (Å²) >= 11 is 0. The Morgan fingerprint density at radius 2 is 0.529 bits per heavy atom. The van der Waals surface area contributed by atoms with Gasteiger partial charge in [-0.25, -0.2) is 9.13 Å². The van der Waals surface area contributed by atoms with Gasteiger partial charge in [0, 0.05) is 25.7 Å². The van der Waals surface area contributed by atoms with Gasteiger partial charge in [-0.05, 0) is 154 Å². The fourth-order valence-corrected chi connectivity index (χ4v) is 11.4. The first kappa shape index (κ1) is 96.9. The van der Waals surface area contributed by atoms with Crippen molar-refractivity contribution in [3.63, 3.8) is 0 Å². The van der Waals surface area contributed by atoms with Gasteiger partial charge in [0.05, 0.1) is 26.4 Å². The minimum atomic E-state index is -5.00. The van der Waals surface area contributed by atoms with E-state index in [9.17, 15) is 43.2 Å². The number of hydrogen-bond donors (Lipinski definition) is 3. The van der Waals surface area contributed by atoms with Gasteiger partial charge in [-0.1, -0.05) is 263 Å². The Balaban J connectivity index is 5.41. The summed E-state index contributed by atoms with van der Waals surface area (Å²) < 4.78 is 68.4. The summed E-state index contributed by atoms with van der Waals surface area (Å²) in [5.41, 5.74) is 0. The molecule has 0 aliphatic rings. The molecule has 0 amide bonds. The normalized spacial score (nSPS) is 14.7. The van der Waals surface area contributed by atoms with Crippen molar-refractivity contribution in [1.82, 2.24) is 0 Å². The van der Waals surface area contributed by atoms with Crippen LogP contribution in [0.5, 0.6) is 0 Å². The molecule has 0 bridgehead atoms. The summed E-state index contributed by atoms with van der Waals surface area (Å²) in [6.07, 6.45) is 84.2. The molecular weight excluding hydrogens is 1330 g/mol. The average molecular weight is 1470 g/mol. The number of carbonyl (C=O) groups is 4. The molecule has 0 spiro atoms. The van der Waals surface area contributed by atoms with Crippen molar-refractivity contribution in [3.05, 3.63) is 146 Å². The van der Waals surface area contributed by atoms with Crippen LogP contribution in [0.2, 0.25) is 0 Å². The molecule has 0 aromatic carbocycles. The van der Waals surface area contributed by atoms with Gasteiger partial charge in [-0.2, -0.15) is 0 Å². The van der Waals surface area contributed by atoms with Crippen molar-refractivity contribution in [2.24, 2.45) is 0 Å². The minimum Gasteiger partial charge on any atom is -0.462 e. The lowest BCUT2D eigenvalue weighted by atomic mass is 10.1. The standard InChI is InChI=1S/C83H138O17P2/c1-5-9-13-17-21-25-29-32-35-37-38-40-43-45-49-52-56-60-64-68-80(85)93-73-78(99-82(87)69-65-61-57-53-47-28-24-20-16-12-8-4)75-97-101(89,90)95-71-77(84)72-96-102(91,92)98-76-79(100-83(88)70-66-62-58-54-50-46-41-34-31-27-23-19-15-11-7-3)74-94-81(86)67-63-59-55-51-48-44-42-39-36-33-30-26-22-18-14-10-6-2/h9-10,13-14,20-22,24-26,32-36,38,40-42,44-45,49,51,55,77-79,84H,5-8,11-12,15-19,23,27-31,37,39,43,46-48,50,52-54,56-76H2,1-4H3,(H,89,90)(H,91,92)/b13-9-,14-10-,24-20-,25-21-,26-22-,35-32-,36-33-,40-38-,41-34-,44-42-,49-45-,55-51-. The van der Waals surface area contributed by atoms with Crippen LogP contribution >= 0.6 is 15.6 Å². The fourth-order valence-electron chi connectivity index (χ4n) is 9.85. The topological polar surface area (TPSA) is 237 Å². The van der Waals surface area contributed by atoms with Gasteiger partial charge in [0.2, 0.25) is 0 Å². The zero-order valence-corrected chi connectivity index (χ0v) is 65.3. The van der Waals surface area contributed by atoms with Crippen molar-refractivity contribution < 1.29 is 80.2 Å². The fraction of sp³-hybridized carbons (Fsp3) is 0.663. The number of aliphatic hydroxyl groups excluding tert-OH is 1. The van der Waals surface area contributed by atoms with E-state index < -0.39 is 97.5 Å². The van der Waals surface area contributed by atoms with Crippen molar-refractivity contribution in [3.8, 4) is 0 Å². The smallest absolute Gasteiger partial charge is 0.462 e. The molecule has 102 heavy (non-hydrogen) atoms. The molecular formula is C83H138O17P2. The Hall–Kier alpha value is -5.06. The highest BCUT2D eigenvalue weighted by Crippen LogP contribution is 2.45. The van der Waals surface area contributed by atoms with E-state index in [1.165, 1.54) is 51.4 Å². The summed E-state index contributed by atoms with van der Waals surface area (Å²) in [6, 6.07) is 0. The number of carbonyl (C=O) groups excluding carboxylic acids is 4. The van der Waals surface area contributed by atoms with E-state index >= 15 is 0 Å². The highest BCUT2D eigenvalue weighted by molar-refractivity contribution is 7.47. The lowest BCUT2D eigenvalue weighted by Crippen LogP contribution is -2.30. The van der Waals surface area contributed by atoms with Gasteiger partial charge in [0.25, 0.3) is 0 Å². The van der Waals surface area contributed by atoms with Crippen LogP contribution in [0.3, 0.4) is 0 Å². The molecule has 0 saturated carbocycles. The van der Waals surface area contributed by atoms with Crippen molar-refractivity contribution in [2.45, 2.75) is 316 Å². The first-order chi connectivity index (χ1) is 49.7. The number of hydrogen-bond acceptors (Lipinski definition) is 15. The zero-order valence-electron chi connectivity index (χ0n) is 63.5. The second kappa shape index (κ2) is 74.2. The van der Waals surface area contributed by atoms with Crippen LogP contribution in [-0.2, 0) is 65.4 Å². The number of unbranched alkanes of at least 4 members (excludes halogenated alkanes) is 22. The summed E-state index contributed by atoms with van der Waals surface area (Å²) in [5.74, 6) is -2.30. The van der Waals surface area contributed by atoms with E-state index in [4.69, 9.17) is 37.0 Å². The molecule has 0 fully saturated rings. The highest BCUT2D eigenvalue weighted by atomic mass is 31.2. The Morgan fingerprint density at radius 3 is 0.873 bits per heavy atom. The average Bonchev–Trinajstić information content (AvgIpc) is 0.926. The minimum absolute atomic E-state index is 0.0688. The maximum atomic E-state index is 13.1. The monoisotopic (exact) mass is 1470 g/mol. The first-order valence-electron chi connectivity index (χ1n) is 39.1. The van der Waals surface area contributed by atoms with Gasteiger partial charge in [0.1, 0.15) is 19.3 Å². The molecule has 582 valence electrons. The maximum absolute atomic E-state index is 13.1. The largest absolute Gasteiger partial charge is 0.472 e. The van der Waals surface area contributed by atoms with Gasteiger partial charge < -0.3 is 33.8 Å². The predicted molar refractivity (Wildman–Crippen MR) is 417 cm³/mol. The number of aliphatic hydroxyl groups is 1. The first-order valence-corrected chi connectivity index (χ1v) is 42.1. The predicted octanol–water partition coefficient (Wildman–Crippen LogP) is 22.7. The molecule has 0 aliphatic heterocycles. The number of phosphoric acid groups is 2. The Kier molecular flexibility index (Phi) is 70.5. The molecule has 0 aliphatic carbocycles. The van der Waals surface area contributed by atoms with Crippen molar-refractivity contribution in [1.29, 1.82) is 0 Å². The molecule has 19 heteroatoms. The third kappa shape index (κ3) is 73.3. The number of rotatable bonds is 72. The molecule has 17 nitrogen and oxygen atoms in total. The second-order valence-corrected chi connectivity index (χ2v) is 28.4. The zero-order chi connectivity index (χ0) is 74.6. The third-order valence-corrected chi connectivity index (χ3v) is 17.7. The summed E-state index contributed by atoms with van der Waals surface area (Å²) in [6.45, 7) is 4.47. The van der Waals surface area contributed by atoms with Gasteiger partial charge in [-0.3, -0.25) is 37.3 Å². The number of esters is 4.